The van der Waals surface area contributed by atoms with Crippen LogP contribution in [0, 0.1) is 6.92 Å². The molecule has 0 saturated heterocycles. The second-order valence-electron chi connectivity index (χ2n) is 2.81. The lowest BCUT2D eigenvalue weighted by Crippen LogP contribution is -2.10. The Kier molecular flexibility index (Phi) is 2.83. The minimum Gasteiger partial charge on any atom is -0.282 e. The molecule has 1 N–H and O–H groups in total. The van der Waals surface area contributed by atoms with E-state index in [9.17, 15) is 8.42 Å². The average molecular weight is 220 g/mol. The van der Waals surface area contributed by atoms with Crippen LogP contribution in [0.3, 0.4) is 0 Å². The molecule has 0 aliphatic carbocycles. The van der Waals surface area contributed by atoms with Crippen LogP contribution >= 0.6 is 11.6 Å². The summed E-state index contributed by atoms with van der Waals surface area (Å²) in [4.78, 5) is 0. The summed E-state index contributed by atoms with van der Waals surface area (Å²) >= 11 is 5.87. The largest absolute Gasteiger partial charge is 0.282 e. The molecular formula is C8H10ClNO2S. The SMILES string of the molecule is Cc1cccc(NS(C)(=O)=O)c1Cl. The summed E-state index contributed by atoms with van der Waals surface area (Å²) < 4.78 is 24.1. The number of anilines is 1. The molecule has 1 rings (SSSR count). The van der Waals surface area contributed by atoms with Gasteiger partial charge >= 0.3 is 0 Å². The van der Waals surface area contributed by atoms with Gasteiger partial charge in [0.25, 0.3) is 0 Å². The molecule has 0 aliphatic rings. The number of aryl methyl sites for hydroxylation is 1. The smallest absolute Gasteiger partial charge is 0.229 e. The number of nitrogens with one attached hydrogen (secondary N) is 1. The summed E-state index contributed by atoms with van der Waals surface area (Å²) in [6.45, 7) is 1.82. The quantitative estimate of drug-likeness (QED) is 0.827. The van der Waals surface area contributed by atoms with E-state index in [0.29, 0.717) is 10.7 Å². The molecule has 0 amide bonds. The van der Waals surface area contributed by atoms with E-state index in [1.165, 1.54) is 0 Å². The molecular weight excluding hydrogens is 210 g/mol. The fourth-order valence-electron chi connectivity index (χ4n) is 0.926. The van der Waals surface area contributed by atoms with Crippen molar-refractivity contribution in [3.8, 4) is 0 Å². The molecule has 0 aromatic heterocycles. The van der Waals surface area contributed by atoms with Gasteiger partial charge in [0, 0.05) is 0 Å². The first kappa shape index (κ1) is 10.3. The number of benzene rings is 1. The van der Waals surface area contributed by atoms with E-state index >= 15 is 0 Å². The van der Waals surface area contributed by atoms with Gasteiger partial charge in [0.1, 0.15) is 0 Å². The minimum absolute atomic E-state index is 0.421. The zero-order chi connectivity index (χ0) is 10.1. The number of hydrogen-bond donors (Lipinski definition) is 1. The van der Waals surface area contributed by atoms with Gasteiger partial charge in [0.05, 0.1) is 17.0 Å². The van der Waals surface area contributed by atoms with Gasteiger partial charge in [0.15, 0.2) is 0 Å². The summed E-state index contributed by atoms with van der Waals surface area (Å²) in [5.41, 5.74) is 1.26. The second kappa shape index (κ2) is 3.55. The maximum Gasteiger partial charge on any atom is 0.229 e. The van der Waals surface area contributed by atoms with Gasteiger partial charge in [0.2, 0.25) is 10.0 Å². The lowest BCUT2D eigenvalue weighted by molar-refractivity contribution is 0.607. The van der Waals surface area contributed by atoms with E-state index in [2.05, 4.69) is 4.72 Å². The van der Waals surface area contributed by atoms with Crippen molar-refractivity contribution in [1.82, 2.24) is 0 Å². The van der Waals surface area contributed by atoms with E-state index in [0.717, 1.165) is 11.8 Å². The Balaban J connectivity index is 3.10. The number of sulfonamides is 1. The van der Waals surface area contributed by atoms with Crippen molar-refractivity contribution in [1.29, 1.82) is 0 Å². The summed E-state index contributed by atoms with van der Waals surface area (Å²) in [5, 5.41) is 0.438. The number of hydrogen-bond acceptors (Lipinski definition) is 2. The van der Waals surface area contributed by atoms with Gasteiger partial charge in [-0.1, -0.05) is 23.7 Å². The third-order valence-electron chi connectivity index (χ3n) is 1.49. The maximum atomic E-state index is 10.9. The third kappa shape index (κ3) is 2.90. The molecule has 0 saturated carbocycles. The highest BCUT2D eigenvalue weighted by Gasteiger charge is 2.06. The zero-order valence-electron chi connectivity index (χ0n) is 7.33. The molecule has 3 nitrogen and oxygen atoms in total. The van der Waals surface area contributed by atoms with Crippen LogP contribution in [-0.2, 0) is 10.0 Å². The molecule has 0 fully saturated rings. The molecule has 0 radical (unpaired) electrons. The fraction of sp³-hybridized carbons (Fsp3) is 0.250. The lowest BCUT2D eigenvalue weighted by atomic mass is 10.2. The van der Waals surface area contributed by atoms with Crippen LogP contribution in [0.2, 0.25) is 5.02 Å². The standard InChI is InChI=1S/C8H10ClNO2S/c1-6-4-3-5-7(8(6)9)10-13(2,11)12/h3-5,10H,1-2H3. The molecule has 13 heavy (non-hydrogen) atoms. The summed E-state index contributed by atoms with van der Waals surface area (Å²) in [5.74, 6) is 0. The Morgan fingerprint density at radius 1 is 1.38 bits per heavy atom. The van der Waals surface area contributed by atoms with Crippen LogP contribution in [0.4, 0.5) is 5.69 Å². The van der Waals surface area contributed by atoms with Crippen molar-refractivity contribution in [2.75, 3.05) is 11.0 Å². The highest BCUT2D eigenvalue weighted by molar-refractivity contribution is 7.92. The van der Waals surface area contributed by atoms with E-state index in [1.807, 2.05) is 13.0 Å². The third-order valence-corrected chi connectivity index (χ3v) is 2.58. The summed E-state index contributed by atoms with van der Waals surface area (Å²) in [6.07, 6.45) is 1.09. The molecule has 72 valence electrons. The summed E-state index contributed by atoms with van der Waals surface area (Å²) in [7, 11) is -3.25. The zero-order valence-corrected chi connectivity index (χ0v) is 8.91. The molecule has 1 aromatic carbocycles. The fourth-order valence-corrected chi connectivity index (χ4v) is 1.72. The van der Waals surface area contributed by atoms with Gasteiger partial charge < -0.3 is 0 Å². The van der Waals surface area contributed by atoms with Gasteiger partial charge in [-0.3, -0.25) is 4.72 Å². The second-order valence-corrected chi connectivity index (χ2v) is 4.94. The minimum atomic E-state index is -3.25. The molecule has 5 heteroatoms. The van der Waals surface area contributed by atoms with E-state index in [-0.39, 0.29) is 0 Å². The van der Waals surface area contributed by atoms with Crippen LogP contribution in [-0.4, -0.2) is 14.7 Å². The van der Waals surface area contributed by atoms with E-state index in [4.69, 9.17) is 11.6 Å². The highest BCUT2D eigenvalue weighted by atomic mass is 35.5. The predicted octanol–water partition coefficient (Wildman–Crippen LogP) is 2.02. The van der Waals surface area contributed by atoms with E-state index in [1.54, 1.807) is 12.1 Å². The predicted molar refractivity (Wildman–Crippen MR) is 54.7 cm³/mol. The van der Waals surface area contributed by atoms with Crippen LogP contribution in [0.15, 0.2) is 18.2 Å². The van der Waals surface area contributed by atoms with Crippen molar-refractivity contribution in [3.63, 3.8) is 0 Å². The van der Waals surface area contributed by atoms with Crippen molar-refractivity contribution in [3.05, 3.63) is 28.8 Å². The maximum absolute atomic E-state index is 10.9. The van der Waals surface area contributed by atoms with Gasteiger partial charge in [-0.15, -0.1) is 0 Å². The van der Waals surface area contributed by atoms with Gasteiger partial charge in [-0.25, -0.2) is 8.42 Å². The molecule has 0 atom stereocenters. The topological polar surface area (TPSA) is 46.2 Å². The monoisotopic (exact) mass is 219 g/mol. The van der Waals surface area contributed by atoms with E-state index < -0.39 is 10.0 Å². The average Bonchev–Trinajstić information content (AvgIpc) is 1.96. The van der Waals surface area contributed by atoms with Crippen LogP contribution < -0.4 is 4.72 Å². The highest BCUT2D eigenvalue weighted by Crippen LogP contribution is 2.25. The van der Waals surface area contributed by atoms with Crippen molar-refractivity contribution >= 4 is 27.3 Å². The number of halogens is 1. The first-order chi connectivity index (χ1) is 5.90. The van der Waals surface area contributed by atoms with Crippen molar-refractivity contribution in [2.24, 2.45) is 0 Å². The Morgan fingerprint density at radius 2 is 2.00 bits per heavy atom. The normalized spacial score (nSPS) is 11.3. The summed E-state index contributed by atoms with van der Waals surface area (Å²) in [6, 6.07) is 5.18. The molecule has 0 unspecified atom stereocenters. The molecule has 0 aliphatic heterocycles. The van der Waals surface area contributed by atoms with Crippen LogP contribution in [0.25, 0.3) is 0 Å². The molecule has 1 aromatic rings. The van der Waals surface area contributed by atoms with Gasteiger partial charge in [-0.05, 0) is 18.6 Å². The first-order valence-electron chi connectivity index (χ1n) is 3.63. The van der Waals surface area contributed by atoms with Crippen LogP contribution in [0.1, 0.15) is 5.56 Å². The molecule has 0 spiro atoms. The lowest BCUT2D eigenvalue weighted by Gasteiger charge is -2.07. The molecule has 0 bridgehead atoms. The number of rotatable bonds is 2. The Labute approximate surface area is 82.8 Å². The Hall–Kier alpha value is -0.740. The van der Waals surface area contributed by atoms with Gasteiger partial charge in [-0.2, -0.15) is 0 Å². The van der Waals surface area contributed by atoms with Crippen molar-refractivity contribution in [2.45, 2.75) is 6.92 Å². The van der Waals surface area contributed by atoms with Crippen molar-refractivity contribution < 1.29 is 8.42 Å². The van der Waals surface area contributed by atoms with Crippen LogP contribution in [0.5, 0.6) is 0 Å². The Bertz CT molecular complexity index is 414. The Morgan fingerprint density at radius 3 is 2.54 bits per heavy atom. The first-order valence-corrected chi connectivity index (χ1v) is 5.90. The molecule has 0 heterocycles.